The molecular formula is C39H59N13O8. The molecule has 0 bridgehead atoms. The fraction of sp³-hybridized carbons (Fsp3) is 0.538. The molecule has 1 aromatic heterocycles. The van der Waals surface area contributed by atoms with Gasteiger partial charge in [0.15, 0.2) is 5.96 Å². The maximum Gasteiger partial charge on any atom is 0.243 e. The fourth-order valence-corrected chi connectivity index (χ4v) is 6.40. The number of guanidine groups is 1. The SMILES string of the molecule is CCCC[C@H](NC(C)=O)C(=O)N[C@H]1CCC(=O)NCC[C@@H](C(N)=O)NC(=O)[C@H](CCCNC(=N)N)NC(=O)[C@@H](CCc2ccccc2)NC(=O)[C@H](Cc2c[nH]cn2)NC1=O. The Morgan fingerprint density at radius 3 is 2.18 bits per heavy atom. The van der Waals surface area contributed by atoms with Gasteiger partial charge in [-0.05, 0) is 50.5 Å². The van der Waals surface area contributed by atoms with Gasteiger partial charge in [0.25, 0.3) is 0 Å². The third-order valence-corrected chi connectivity index (χ3v) is 9.67. The lowest BCUT2D eigenvalue weighted by Crippen LogP contribution is -2.60. The highest BCUT2D eigenvalue weighted by molar-refractivity contribution is 5.97. The van der Waals surface area contributed by atoms with Gasteiger partial charge in [-0.1, -0.05) is 50.1 Å². The van der Waals surface area contributed by atoms with Crippen molar-refractivity contribution in [3.8, 4) is 0 Å². The van der Waals surface area contributed by atoms with Gasteiger partial charge in [0.2, 0.25) is 47.3 Å². The number of H-pyrrole nitrogens is 1. The lowest BCUT2D eigenvalue weighted by atomic mass is 10.0. The number of hydrogen-bond acceptors (Lipinski definition) is 10. The number of aromatic amines is 1. The number of unbranched alkanes of at least 4 members (excludes halogenated alkanes) is 1. The molecule has 1 saturated heterocycles. The zero-order chi connectivity index (χ0) is 44.0. The second kappa shape index (κ2) is 25.1. The third kappa shape index (κ3) is 17.1. The summed E-state index contributed by atoms with van der Waals surface area (Å²) in [5.41, 5.74) is 12.3. The van der Waals surface area contributed by atoms with Crippen LogP contribution in [0.2, 0.25) is 0 Å². The van der Waals surface area contributed by atoms with Crippen LogP contribution < -0.4 is 54.0 Å². The van der Waals surface area contributed by atoms with Crippen LogP contribution in [0.3, 0.4) is 0 Å². The molecule has 0 spiro atoms. The smallest absolute Gasteiger partial charge is 0.243 e. The number of amides is 8. The van der Waals surface area contributed by atoms with Crippen molar-refractivity contribution in [2.45, 2.75) is 121 Å². The van der Waals surface area contributed by atoms with E-state index in [0.29, 0.717) is 18.5 Å². The minimum absolute atomic E-state index is 0.0195. The van der Waals surface area contributed by atoms with Gasteiger partial charge in [-0.25, -0.2) is 4.98 Å². The van der Waals surface area contributed by atoms with Gasteiger partial charge in [0.1, 0.15) is 36.3 Å². The van der Waals surface area contributed by atoms with Crippen molar-refractivity contribution in [3.63, 3.8) is 0 Å². The normalized spacial score (nSPS) is 21.5. The van der Waals surface area contributed by atoms with Crippen LogP contribution in [-0.4, -0.2) is 113 Å². The number of carbonyl (C=O) groups excluding carboxylic acids is 8. The number of hydrogen-bond donors (Lipinski definition) is 12. The molecule has 1 aliphatic rings. The highest BCUT2D eigenvalue weighted by Gasteiger charge is 2.34. The van der Waals surface area contributed by atoms with E-state index in [0.717, 1.165) is 12.0 Å². The predicted octanol–water partition coefficient (Wildman–Crippen LogP) is -2.25. The van der Waals surface area contributed by atoms with E-state index in [1.54, 1.807) is 0 Å². The second-order valence-corrected chi connectivity index (χ2v) is 14.6. The molecule has 1 fully saturated rings. The lowest BCUT2D eigenvalue weighted by molar-refractivity contribution is -0.135. The molecule has 8 amide bonds. The van der Waals surface area contributed by atoms with Crippen LogP contribution in [0.15, 0.2) is 42.9 Å². The first-order chi connectivity index (χ1) is 28.7. The number of aryl methyl sites for hydroxylation is 1. The Labute approximate surface area is 348 Å². The van der Waals surface area contributed by atoms with Crippen molar-refractivity contribution < 1.29 is 38.4 Å². The average Bonchev–Trinajstić information content (AvgIpc) is 3.72. The largest absolute Gasteiger partial charge is 0.370 e. The Balaban J connectivity index is 2.04. The molecule has 1 aliphatic heterocycles. The van der Waals surface area contributed by atoms with Crippen molar-refractivity contribution >= 4 is 53.2 Å². The number of primary amides is 1. The third-order valence-electron chi connectivity index (χ3n) is 9.67. The zero-order valence-corrected chi connectivity index (χ0v) is 34.1. The van der Waals surface area contributed by atoms with Gasteiger partial charge in [-0.15, -0.1) is 0 Å². The number of imidazole rings is 1. The topological polar surface area (TPSA) is 337 Å². The molecule has 328 valence electrons. The number of rotatable bonds is 16. The van der Waals surface area contributed by atoms with E-state index < -0.39 is 83.5 Å². The number of aromatic nitrogens is 2. The quantitative estimate of drug-likeness (QED) is 0.0487. The molecule has 0 radical (unpaired) electrons. The van der Waals surface area contributed by atoms with Crippen molar-refractivity contribution in [2.75, 3.05) is 13.1 Å². The summed E-state index contributed by atoms with van der Waals surface area (Å²) in [6.07, 6.45) is 4.34. The number of nitrogens with one attached hydrogen (secondary N) is 10. The molecule has 21 heteroatoms. The first-order valence-electron chi connectivity index (χ1n) is 20.1. The predicted molar refractivity (Wildman–Crippen MR) is 219 cm³/mol. The van der Waals surface area contributed by atoms with E-state index in [1.807, 2.05) is 37.3 Å². The molecule has 3 rings (SSSR count). The van der Waals surface area contributed by atoms with Gasteiger partial charge < -0.3 is 59.0 Å². The van der Waals surface area contributed by atoms with Crippen molar-refractivity contribution in [2.24, 2.45) is 11.5 Å². The van der Waals surface area contributed by atoms with Crippen LogP contribution in [0.5, 0.6) is 0 Å². The van der Waals surface area contributed by atoms with Crippen LogP contribution in [0, 0.1) is 5.41 Å². The second-order valence-electron chi connectivity index (χ2n) is 14.6. The molecule has 0 aliphatic carbocycles. The fourth-order valence-electron chi connectivity index (χ4n) is 6.40. The molecule has 14 N–H and O–H groups in total. The first kappa shape index (κ1) is 47.8. The summed E-state index contributed by atoms with van der Waals surface area (Å²) in [4.78, 5) is 114. The van der Waals surface area contributed by atoms with Crippen molar-refractivity contribution in [1.29, 1.82) is 5.41 Å². The van der Waals surface area contributed by atoms with Gasteiger partial charge in [-0.3, -0.25) is 43.8 Å². The van der Waals surface area contributed by atoms with Crippen molar-refractivity contribution in [1.82, 2.24) is 52.5 Å². The molecule has 6 atom stereocenters. The maximum atomic E-state index is 14.2. The highest BCUT2D eigenvalue weighted by Crippen LogP contribution is 2.11. The van der Waals surface area contributed by atoms with Crippen LogP contribution in [0.4, 0.5) is 0 Å². The summed E-state index contributed by atoms with van der Waals surface area (Å²) >= 11 is 0. The van der Waals surface area contributed by atoms with E-state index in [2.05, 4.69) is 52.5 Å². The summed E-state index contributed by atoms with van der Waals surface area (Å²) in [5.74, 6) is -6.01. The monoisotopic (exact) mass is 837 g/mol. The molecule has 21 nitrogen and oxygen atoms in total. The maximum absolute atomic E-state index is 14.2. The average molecular weight is 838 g/mol. The molecule has 60 heavy (non-hydrogen) atoms. The first-order valence-corrected chi connectivity index (χ1v) is 20.1. The zero-order valence-electron chi connectivity index (χ0n) is 34.1. The Hall–Kier alpha value is -6.54. The molecule has 2 aromatic rings. The van der Waals surface area contributed by atoms with E-state index >= 15 is 0 Å². The molecule has 2 heterocycles. The minimum Gasteiger partial charge on any atom is -0.370 e. The van der Waals surface area contributed by atoms with E-state index in [1.165, 1.54) is 19.4 Å². The summed E-state index contributed by atoms with van der Waals surface area (Å²) in [6.45, 7) is 3.23. The Morgan fingerprint density at radius 1 is 0.883 bits per heavy atom. The molecule has 0 unspecified atom stereocenters. The Bertz CT molecular complexity index is 1780. The number of carbonyl (C=O) groups is 8. The standard InChI is InChI=1S/C39H59N13O8/c1-3-4-11-27(47-23(2)53)34(56)50-30-15-16-32(54)44-19-17-26(33(40)55)48-35(57)28(12-8-18-45-39(41)42)49-36(58)29(14-13-24-9-6-5-7-10-24)51-38(60)31(52-37(30)59)20-25-21-43-22-46-25/h5-7,9-10,21-22,26-31H,3-4,8,11-20H2,1-2H3,(H2,40,55)(H,43,46)(H,44,54)(H,47,53)(H,48,57)(H,49,58)(H,50,56)(H,51,60)(H,52,59)(H4,41,42,45)/t26-,27-,28-,29+,30-,31-/m0/s1. The minimum atomic E-state index is -1.37. The summed E-state index contributed by atoms with van der Waals surface area (Å²) < 4.78 is 0. The van der Waals surface area contributed by atoms with E-state index in [4.69, 9.17) is 16.9 Å². The number of benzene rings is 1. The lowest BCUT2D eigenvalue weighted by Gasteiger charge is -2.27. The van der Waals surface area contributed by atoms with E-state index in [9.17, 15) is 38.4 Å². The van der Waals surface area contributed by atoms with Gasteiger partial charge in [0, 0.05) is 39.1 Å². The van der Waals surface area contributed by atoms with Crippen LogP contribution in [-0.2, 0) is 51.2 Å². The summed E-state index contributed by atoms with van der Waals surface area (Å²) in [5, 5.41) is 28.6. The Kier molecular flexibility index (Phi) is 20.0. The van der Waals surface area contributed by atoms with Crippen molar-refractivity contribution in [3.05, 3.63) is 54.1 Å². The Morgan fingerprint density at radius 2 is 1.55 bits per heavy atom. The molecular weight excluding hydrogens is 779 g/mol. The number of nitrogens with zero attached hydrogens (tertiary/aromatic N) is 1. The highest BCUT2D eigenvalue weighted by atomic mass is 16.2. The number of nitrogens with two attached hydrogens (primary N) is 2. The van der Waals surface area contributed by atoms with Crippen LogP contribution >= 0.6 is 0 Å². The van der Waals surface area contributed by atoms with Gasteiger partial charge in [-0.2, -0.15) is 0 Å². The summed E-state index contributed by atoms with van der Waals surface area (Å²) in [7, 11) is 0. The molecule has 0 saturated carbocycles. The van der Waals surface area contributed by atoms with Gasteiger partial charge in [0.05, 0.1) is 12.0 Å². The van der Waals surface area contributed by atoms with Crippen LogP contribution in [0.1, 0.15) is 82.9 Å². The molecule has 1 aromatic carbocycles. The summed E-state index contributed by atoms with van der Waals surface area (Å²) in [6, 6.07) is 1.68. The van der Waals surface area contributed by atoms with E-state index in [-0.39, 0.29) is 70.4 Å². The van der Waals surface area contributed by atoms with Crippen LogP contribution in [0.25, 0.3) is 0 Å². The van der Waals surface area contributed by atoms with Gasteiger partial charge >= 0.3 is 0 Å².